The van der Waals surface area contributed by atoms with Crippen molar-refractivity contribution < 1.29 is 4.79 Å². The average Bonchev–Trinajstić information content (AvgIpc) is 2.38. The minimum Gasteiger partial charge on any atom is -0.337 e. The van der Waals surface area contributed by atoms with Gasteiger partial charge in [-0.3, -0.25) is 9.59 Å². The number of hydrogen-bond donors (Lipinski definition) is 0. The molecule has 2 rings (SSSR count). The Morgan fingerprint density at radius 1 is 1.29 bits per heavy atom. The van der Waals surface area contributed by atoms with Gasteiger partial charge in [0, 0.05) is 24.1 Å². The molecule has 0 aliphatic rings. The van der Waals surface area contributed by atoms with E-state index in [1.165, 1.54) is 6.07 Å². The monoisotopic (exact) mass is 229 g/mol. The molecule has 0 bridgehead atoms. The molecule has 17 heavy (non-hydrogen) atoms. The number of fused-ring (bicyclic) bond motifs is 1. The quantitative estimate of drug-likeness (QED) is 0.811. The fourth-order valence-corrected chi connectivity index (χ4v) is 2.01. The molecule has 0 amide bonds. The zero-order valence-corrected chi connectivity index (χ0v) is 10.0. The van der Waals surface area contributed by atoms with E-state index >= 15 is 0 Å². The second-order valence-corrected chi connectivity index (χ2v) is 4.10. The number of Topliss-reactive ketones (excluding diaryl/α,β-unsaturated/α-hetero) is 1. The number of benzene rings is 1. The summed E-state index contributed by atoms with van der Waals surface area (Å²) >= 11 is 0. The van der Waals surface area contributed by atoms with Crippen molar-refractivity contribution in [2.24, 2.45) is 0 Å². The number of carbonyl (C=O) groups is 1. The highest BCUT2D eigenvalue weighted by Crippen LogP contribution is 2.16. The van der Waals surface area contributed by atoms with Crippen molar-refractivity contribution in [1.82, 2.24) is 4.57 Å². The molecule has 0 N–H and O–H groups in total. The standard InChI is InChI=1S/C14H15NO2/c1-3-13(16)10(2)15-9-8-14(17)11-6-4-5-7-12(11)15/h4-10H,3H2,1-2H3. The number of nitrogens with zero attached hydrogens (tertiary/aromatic N) is 1. The fraction of sp³-hybridized carbons (Fsp3) is 0.286. The van der Waals surface area contributed by atoms with Crippen molar-refractivity contribution in [2.45, 2.75) is 26.3 Å². The van der Waals surface area contributed by atoms with Gasteiger partial charge in [-0.05, 0) is 19.1 Å². The average molecular weight is 229 g/mol. The predicted molar refractivity (Wildman–Crippen MR) is 68.2 cm³/mol. The Kier molecular flexibility index (Phi) is 3.09. The Labute approximate surface area is 99.7 Å². The van der Waals surface area contributed by atoms with Gasteiger partial charge in [0.15, 0.2) is 11.2 Å². The molecule has 3 nitrogen and oxygen atoms in total. The molecule has 1 unspecified atom stereocenters. The Morgan fingerprint density at radius 2 is 2.00 bits per heavy atom. The van der Waals surface area contributed by atoms with E-state index < -0.39 is 0 Å². The molecule has 88 valence electrons. The minimum absolute atomic E-state index is 0.00648. The molecule has 0 aliphatic heterocycles. The van der Waals surface area contributed by atoms with Gasteiger partial charge in [-0.2, -0.15) is 0 Å². The third-order valence-electron chi connectivity index (χ3n) is 3.07. The van der Waals surface area contributed by atoms with E-state index in [1.54, 1.807) is 12.3 Å². The molecule has 0 fully saturated rings. The molecule has 0 saturated heterocycles. The van der Waals surface area contributed by atoms with Crippen LogP contribution < -0.4 is 5.43 Å². The van der Waals surface area contributed by atoms with Crippen LogP contribution in [0.3, 0.4) is 0 Å². The fourth-order valence-electron chi connectivity index (χ4n) is 2.01. The van der Waals surface area contributed by atoms with E-state index in [1.807, 2.05) is 36.6 Å². The van der Waals surface area contributed by atoms with Crippen LogP contribution in [0.4, 0.5) is 0 Å². The normalized spacial score (nSPS) is 12.6. The number of pyridine rings is 1. The number of rotatable bonds is 3. The molecule has 2 aromatic rings. The second kappa shape index (κ2) is 4.53. The number of para-hydroxylation sites is 1. The highest BCUT2D eigenvalue weighted by molar-refractivity contribution is 5.85. The molecular formula is C14H15NO2. The van der Waals surface area contributed by atoms with Gasteiger partial charge in [0.1, 0.15) is 0 Å². The molecule has 1 heterocycles. The van der Waals surface area contributed by atoms with Crippen molar-refractivity contribution >= 4 is 16.7 Å². The highest BCUT2D eigenvalue weighted by atomic mass is 16.1. The van der Waals surface area contributed by atoms with Gasteiger partial charge < -0.3 is 4.57 Å². The largest absolute Gasteiger partial charge is 0.337 e. The van der Waals surface area contributed by atoms with Crippen LogP contribution in [0.5, 0.6) is 0 Å². The number of hydrogen-bond acceptors (Lipinski definition) is 2. The maximum absolute atomic E-state index is 11.7. The molecule has 1 atom stereocenters. The summed E-state index contributed by atoms with van der Waals surface area (Å²) in [7, 11) is 0. The minimum atomic E-state index is -0.231. The van der Waals surface area contributed by atoms with Gasteiger partial charge in [0.05, 0.1) is 11.6 Å². The van der Waals surface area contributed by atoms with Crippen LogP contribution in [0, 0.1) is 0 Å². The third kappa shape index (κ3) is 2.00. The summed E-state index contributed by atoms with van der Waals surface area (Å²) in [5.41, 5.74) is 0.808. The molecule has 0 radical (unpaired) electrons. The number of carbonyl (C=O) groups excluding carboxylic acids is 1. The first kappa shape index (κ1) is 11.6. The highest BCUT2D eigenvalue weighted by Gasteiger charge is 2.14. The Hall–Kier alpha value is -1.90. The van der Waals surface area contributed by atoms with Gasteiger partial charge in [-0.1, -0.05) is 19.1 Å². The van der Waals surface area contributed by atoms with E-state index in [-0.39, 0.29) is 17.3 Å². The van der Waals surface area contributed by atoms with E-state index in [0.29, 0.717) is 11.8 Å². The lowest BCUT2D eigenvalue weighted by Gasteiger charge is -2.16. The first-order chi connectivity index (χ1) is 8.15. The van der Waals surface area contributed by atoms with Crippen molar-refractivity contribution in [3.05, 3.63) is 46.8 Å². The van der Waals surface area contributed by atoms with Crippen LogP contribution in [-0.2, 0) is 4.79 Å². The summed E-state index contributed by atoms with van der Waals surface area (Å²) in [5.74, 6) is 0.166. The van der Waals surface area contributed by atoms with Crippen LogP contribution in [-0.4, -0.2) is 10.4 Å². The smallest absolute Gasteiger partial charge is 0.189 e. The second-order valence-electron chi connectivity index (χ2n) is 4.10. The first-order valence-corrected chi connectivity index (χ1v) is 5.77. The summed E-state index contributed by atoms with van der Waals surface area (Å²) in [6, 6.07) is 8.65. The Morgan fingerprint density at radius 3 is 2.71 bits per heavy atom. The van der Waals surface area contributed by atoms with E-state index in [9.17, 15) is 9.59 Å². The van der Waals surface area contributed by atoms with Crippen molar-refractivity contribution in [3.63, 3.8) is 0 Å². The summed E-state index contributed by atoms with van der Waals surface area (Å²) in [4.78, 5) is 23.4. The van der Waals surface area contributed by atoms with Crippen LogP contribution in [0.1, 0.15) is 26.3 Å². The lowest BCUT2D eigenvalue weighted by atomic mass is 10.1. The maximum Gasteiger partial charge on any atom is 0.189 e. The maximum atomic E-state index is 11.7. The summed E-state index contributed by atoms with van der Waals surface area (Å²) in [5, 5.41) is 0.658. The lowest BCUT2D eigenvalue weighted by molar-refractivity contribution is -0.121. The lowest BCUT2D eigenvalue weighted by Crippen LogP contribution is -2.18. The van der Waals surface area contributed by atoms with Gasteiger partial charge in [-0.15, -0.1) is 0 Å². The zero-order chi connectivity index (χ0) is 12.4. The molecule has 0 saturated carbocycles. The van der Waals surface area contributed by atoms with E-state index in [4.69, 9.17) is 0 Å². The molecular weight excluding hydrogens is 214 g/mol. The van der Waals surface area contributed by atoms with E-state index in [0.717, 1.165) is 5.52 Å². The molecule has 1 aromatic heterocycles. The number of aromatic nitrogens is 1. The summed E-state index contributed by atoms with van der Waals surface area (Å²) in [6.07, 6.45) is 2.20. The van der Waals surface area contributed by atoms with Crippen LogP contribution in [0.25, 0.3) is 10.9 Å². The van der Waals surface area contributed by atoms with Crippen molar-refractivity contribution in [1.29, 1.82) is 0 Å². The molecule has 3 heteroatoms. The Bertz CT molecular complexity index is 613. The van der Waals surface area contributed by atoms with Gasteiger partial charge in [-0.25, -0.2) is 0 Å². The van der Waals surface area contributed by atoms with Gasteiger partial charge in [0.2, 0.25) is 0 Å². The van der Waals surface area contributed by atoms with Gasteiger partial charge in [0.25, 0.3) is 0 Å². The van der Waals surface area contributed by atoms with E-state index in [2.05, 4.69) is 0 Å². The SMILES string of the molecule is CCC(=O)C(C)n1ccc(=O)c2ccccc21. The first-order valence-electron chi connectivity index (χ1n) is 5.77. The van der Waals surface area contributed by atoms with Crippen LogP contribution >= 0.6 is 0 Å². The van der Waals surface area contributed by atoms with Gasteiger partial charge >= 0.3 is 0 Å². The van der Waals surface area contributed by atoms with Crippen molar-refractivity contribution in [2.75, 3.05) is 0 Å². The van der Waals surface area contributed by atoms with Crippen LogP contribution in [0.2, 0.25) is 0 Å². The topological polar surface area (TPSA) is 39.1 Å². The zero-order valence-electron chi connectivity index (χ0n) is 10.0. The third-order valence-corrected chi connectivity index (χ3v) is 3.07. The molecule has 0 spiro atoms. The summed E-state index contributed by atoms with van der Waals surface area (Å²) in [6.45, 7) is 3.71. The van der Waals surface area contributed by atoms with Crippen molar-refractivity contribution in [3.8, 4) is 0 Å². The number of ketones is 1. The van der Waals surface area contributed by atoms with Crippen LogP contribution in [0.15, 0.2) is 41.3 Å². The predicted octanol–water partition coefficient (Wildman–Crippen LogP) is 2.54. The summed E-state index contributed by atoms with van der Waals surface area (Å²) < 4.78 is 1.86. The molecule has 1 aromatic carbocycles. The molecule has 0 aliphatic carbocycles. The Balaban J connectivity index is 2.67.